The van der Waals surface area contributed by atoms with Crippen LogP contribution in [0.15, 0.2) is 67.0 Å². The Morgan fingerprint density at radius 1 is 1.03 bits per heavy atom. The maximum atomic E-state index is 14.2. The van der Waals surface area contributed by atoms with Crippen LogP contribution in [0.2, 0.25) is 0 Å². The minimum absolute atomic E-state index is 0.00552. The van der Waals surface area contributed by atoms with Crippen LogP contribution in [0.4, 0.5) is 17.6 Å². The number of carbonyl (C=O) groups is 1. The van der Waals surface area contributed by atoms with Crippen molar-refractivity contribution in [2.45, 2.75) is 12.7 Å². The van der Waals surface area contributed by atoms with Crippen molar-refractivity contribution in [3.05, 3.63) is 83.9 Å². The lowest BCUT2D eigenvalue weighted by Gasteiger charge is -2.11. The molecule has 1 heterocycles. The summed E-state index contributed by atoms with van der Waals surface area (Å²) < 4.78 is 62.7. The third kappa shape index (κ3) is 5.94. The van der Waals surface area contributed by atoms with Gasteiger partial charge in [0.2, 0.25) is 0 Å². The molecule has 0 aliphatic heterocycles. The van der Waals surface area contributed by atoms with E-state index in [1.54, 1.807) is 24.4 Å². The van der Waals surface area contributed by atoms with Crippen molar-refractivity contribution in [1.82, 2.24) is 10.3 Å². The van der Waals surface area contributed by atoms with Crippen LogP contribution in [0, 0.1) is 5.82 Å². The summed E-state index contributed by atoms with van der Waals surface area (Å²) in [5.41, 5.74) is -0.400. The maximum absolute atomic E-state index is 14.2. The lowest BCUT2D eigenvalue weighted by atomic mass is 10.2. The second-order valence-corrected chi connectivity index (χ2v) is 6.15. The van der Waals surface area contributed by atoms with Gasteiger partial charge in [-0.25, -0.2) is 4.39 Å². The fraction of sp³-hybridized carbons (Fsp3) is 0.143. The van der Waals surface area contributed by atoms with Crippen LogP contribution in [-0.2, 0) is 17.5 Å². The number of aromatic nitrogens is 1. The first-order valence-corrected chi connectivity index (χ1v) is 8.74. The van der Waals surface area contributed by atoms with E-state index in [9.17, 15) is 22.4 Å². The van der Waals surface area contributed by atoms with E-state index in [0.29, 0.717) is 11.3 Å². The SMILES string of the molecule is O=C(COc1cccc(C(F)(F)F)c1)NCc1ccc(Oc2cccnc2)c(F)c1. The predicted octanol–water partition coefficient (Wildman–Crippen LogP) is 4.73. The van der Waals surface area contributed by atoms with Crippen molar-refractivity contribution in [3.63, 3.8) is 0 Å². The van der Waals surface area contributed by atoms with Gasteiger partial charge >= 0.3 is 6.18 Å². The Labute approximate surface area is 169 Å². The van der Waals surface area contributed by atoms with Gasteiger partial charge in [0.05, 0.1) is 11.8 Å². The fourth-order valence-electron chi connectivity index (χ4n) is 2.43. The smallest absolute Gasteiger partial charge is 0.416 e. The third-order valence-electron chi connectivity index (χ3n) is 3.88. The van der Waals surface area contributed by atoms with Gasteiger partial charge in [-0.15, -0.1) is 0 Å². The van der Waals surface area contributed by atoms with Crippen LogP contribution < -0.4 is 14.8 Å². The molecule has 156 valence electrons. The second-order valence-electron chi connectivity index (χ2n) is 6.15. The zero-order valence-corrected chi connectivity index (χ0v) is 15.4. The molecule has 0 saturated heterocycles. The molecule has 3 aromatic rings. The fourth-order valence-corrected chi connectivity index (χ4v) is 2.43. The Bertz CT molecular complexity index is 1010. The molecule has 0 unspecified atom stereocenters. The molecular weight excluding hydrogens is 404 g/mol. The molecule has 1 aromatic heterocycles. The number of alkyl halides is 3. The van der Waals surface area contributed by atoms with Gasteiger partial charge in [-0.05, 0) is 48.0 Å². The van der Waals surface area contributed by atoms with Crippen molar-refractivity contribution in [2.75, 3.05) is 6.61 Å². The summed E-state index contributed by atoms with van der Waals surface area (Å²) in [4.78, 5) is 15.8. The van der Waals surface area contributed by atoms with Gasteiger partial charge in [-0.1, -0.05) is 12.1 Å². The number of benzene rings is 2. The van der Waals surface area contributed by atoms with Crippen LogP contribution in [-0.4, -0.2) is 17.5 Å². The Kier molecular flexibility index (Phi) is 6.51. The van der Waals surface area contributed by atoms with Crippen molar-refractivity contribution in [3.8, 4) is 17.2 Å². The van der Waals surface area contributed by atoms with E-state index in [1.165, 1.54) is 30.5 Å². The zero-order valence-electron chi connectivity index (χ0n) is 15.4. The molecule has 9 heteroatoms. The zero-order chi connectivity index (χ0) is 21.6. The van der Waals surface area contributed by atoms with Crippen LogP contribution in [0.25, 0.3) is 0 Å². The first-order chi connectivity index (χ1) is 14.3. The van der Waals surface area contributed by atoms with E-state index < -0.39 is 30.1 Å². The molecule has 0 fully saturated rings. The van der Waals surface area contributed by atoms with E-state index in [1.807, 2.05) is 0 Å². The number of carbonyl (C=O) groups excluding carboxylic acids is 1. The van der Waals surface area contributed by atoms with E-state index >= 15 is 0 Å². The van der Waals surface area contributed by atoms with Crippen LogP contribution in [0.3, 0.4) is 0 Å². The quantitative estimate of drug-likeness (QED) is 0.562. The van der Waals surface area contributed by atoms with Crippen molar-refractivity contribution in [1.29, 1.82) is 0 Å². The number of rotatable bonds is 7. The Hall–Kier alpha value is -3.62. The summed E-state index contributed by atoms with van der Waals surface area (Å²) in [7, 11) is 0. The first-order valence-electron chi connectivity index (χ1n) is 8.74. The molecule has 0 spiro atoms. The average molecular weight is 420 g/mol. The summed E-state index contributed by atoms with van der Waals surface area (Å²) in [6.45, 7) is -0.471. The number of halogens is 4. The average Bonchev–Trinajstić information content (AvgIpc) is 2.73. The monoisotopic (exact) mass is 420 g/mol. The molecule has 30 heavy (non-hydrogen) atoms. The molecular formula is C21H16F4N2O3. The largest absolute Gasteiger partial charge is 0.484 e. The summed E-state index contributed by atoms with van der Waals surface area (Å²) in [5.74, 6) is -0.882. The Morgan fingerprint density at radius 3 is 2.53 bits per heavy atom. The first kappa shape index (κ1) is 21.1. The molecule has 1 amide bonds. The van der Waals surface area contributed by atoms with Gasteiger partial charge in [0.25, 0.3) is 5.91 Å². The van der Waals surface area contributed by atoms with Crippen molar-refractivity contribution >= 4 is 5.91 Å². The number of nitrogens with zero attached hydrogens (tertiary/aromatic N) is 1. The number of nitrogens with one attached hydrogen (secondary N) is 1. The summed E-state index contributed by atoms with van der Waals surface area (Å²) in [5, 5.41) is 2.51. The number of hydrogen-bond donors (Lipinski definition) is 1. The molecule has 0 saturated carbocycles. The van der Waals surface area contributed by atoms with Crippen molar-refractivity contribution in [2.24, 2.45) is 0 Å². The maximum Gasteiger partial charge on any atom is 0.416 e. The summed E-state index contributed by atoms with van der Waals surface area (Å²) >= 11 is 0. The minimum Gasteiger partial charge on any atom is -0.484 e. The van der Waals surface area contributed by atoms with Crippen molar-refractivity contribution < 1.29 is 31.8 Å². The predicted molar refractivity (Wildman–Crippen MR) is 99.5 cm³/mol. The standard InChI is InChI=1S/C21H16F4N2O3/c22-18-9-14(6-7-19(18)30-17-5-2-8-26-12-17)11-27-20(28)13-29-16-4-1-3-15(10-16)21(23,24)25/h1-10,12H,11,13H2,(H,27,28). The third-order valence-corrected chi connectivity index (χ3v) is 3.88. The summed E-state index contributed by atoms with van der Waals surface area (Å²) in [6.07, 6.45) is -1.50. The molecule has 5 nitrogen and oxygen atoms in total. The van der Waals surface area contributed by atoms with E-state index in [0.717, 1.165) is 12.1 Å². The number of amides is 1. The second kappa shape index (κ2) is 9.25. The van der Waals surface area contributed by atoms with Gasteiger partial charge in [0.15, 0.2) is 18.2 Å². The topological polar surface area (TPSA) is 60.5 Å². The van der Waals surface area contributed by atoms with Gasteiger partial charge in [0.1, 0.15) is 11.5 Å². The number of hydrogen-bond acceptors (Lipinski definition) is 4. The lowest BCUT2D eigenvalue weighted by molar-refractivity contribution is -0.137. The minimum atomic E-state index is -4.50. The molecule has 0 atom stereocenters. The molecule has 0 bridgehead atoms. The van der Waals surface area contributed by atoms with Crippen LogP contribution in [0.1, 0.15) is 11.1 Å². The molecule has 1 N–H and O–H groups in total. The molecule has 0 aliphatic rings. The molecule has 2 aromatic carbocycles. The Balaban J connectivity index is 1.51. The molecule has 0 radical (unpaired) electrons. The Morgan fingerprint density at radius 2 is 1.83 bits per heavy atom. The van der Waals surface area contributed by atoms with Gasteiger partial charge in [-0.2, -0.15) is 13.2 Å². The highest BCUT2D eigenvalue weighted by Crippen LogP contribution is 2.31. The van der Waals surface area contributed by atoms with Gasteiger partial charge < -0.3 is 14.8 Å². The van der Waals surface area contributed by atoms with E-state index in [2.05, 4.69) is 10.3 Å². The molecule has 3 rings (SSSR count). The summed E-state index contributed by atoms with van der Waals surface area (Å²) in [6, 6.07) is 11.7. The normalized spacial score (nSPS) is 11.1. The van der Waals surface area contributed by atoms with Crippen LogP contribution >= 0.6 is 0 Å². The number of ether oxygens (including phenoxy) is 2. The highest BCUT2D eigenvalue weighted by molar-refractivity contribution is 5.77. The number of pyridine rings is 1. The highest BCUT2D eigenvalue weighted by Gasteiger charge is 2.30. The van der Waals surface area contributed by atoms with Crippen LogP contribution in [0.5, 0.6) is 17.2 Å². The van der Waals surface area contributed by atoms with Gasteiger partial charge in [-0.3, -0.25) is 9.78 Å². The lowest BCUT2D eigenvalue weighted by Crippen LogP contribution is -2.28. The molecule has 0 aliphatic carbocycles. The highest BCUT2D eigenvalue weighted by atomic mass is 19.4. The van der Waals surface area contributed by atoms with E-state index in [-0.39, 0.29) is 18.0 Å². The van der Waals surface area contributed by atoms with Gasteiger partial charge in [0, 0.05) is 12.7 Å². The van der Waals surface area contributed by atoms with E-state index in [4.69, 9.17) is 9.47 Å².